The standard InChI is InChI=1S/C14H19N3O2/c1-17(2)7-6-10-9-16-11-4-3-5-12(14(10)11)19-13(18)8-15/h3-5,9,16H,6-8,15H2,1-2H3/i1D3,2D3. The average molecular weight is 267 g/mol. The van der Waals surface area contributed by atoms with Gasteiger partial charge < -0.3 is 20.4 Å². The Hall–Kier alpha value is -1.85. The first-order valence-electron chi connectivity index (χ1n) is 8.81. The number of ether oxygens (including phenoxy) is 1. The number of aromatic amines is 1. The van der Waals surface area contributed by atoms with Crippen molar-refractivity contribution < 1.29 is 17.8 Å². The number of hydrogen-bond acceptors (Lipinski definition) is 4. The molecule has 102 valence electrons. The molecule has 0 unspecified atom stereocenters. The zero-order chi connectivity index (χ0) is 18.8. The first-order valence-corrected chi connectivity index (χ1v) is 5.81. The van der Waals surface area contributed by atoms with E-state index in [1.165, 1.54) is 0 Å². The van der Waals surface area contributed by atoms with Gasteiger partial charge in [-0.2, -0.15) is 0 Å². The minimum atomic E-state index is -2.74. The van der Waals surface area contributed by atoms with Gasteiger partial charge in [-0.25, -0.2) is 0 Å². The molecule has 0 atom stereocenters. The van der Waals surface area contributed by atoms with Gasteiger partial charge in [0.25, 0.3) is 0 Å². The van der Waals surface area contributed by atoms with Gasteiger partial charge in [-0.3, -0.25) is 4.79 Å². The number of benzene rings is 1. The largest absolute Gasteiger partial charge is 0.425 e. The van der Waals surface area contributed by atoms with Crippen LogP contribution in [0.4, 0.5) is 0 Å². The molecule has 0 radical (unpaired) electrons. The Bertz CT molecular complexity index is 739. The Labute approximate surface area is 120 Å². The molecule has 1 aromatic carbocycles. The van der Waals surface area contributed by atoms with Gasteiger partial charge in [0.15, 0.2) is 0 Å². The maximum Gasteiger partial charge on any atom is 0.325 e. The van der Waals surface area contributed by atoms with Crippen molar-refractivity contribution in [1.82, 2.24) is 9.88 Å². The fourth-order valence-corrected chi connectivity index (χ4v) is 1.90. The second-order valence-electron chi connectivity index (χ2n) is 4.07. The summed E-state index contributed by atoms with van der Waals surface area (Å²) in [5.41, 5.74) is 6.59. The van der Waals surface area contributed by atoms with Gasteiger partial charge in [0.1, 0.15) is 5.75 Å². The lowest BCUT2D eigenvalue weighted by Gasteiger charge is -2.10. The number of carbonyl (C=O) groups is 1. The van der Waals surface area contributed by atoms with Gasteiger partial charge in [-0.15, -0.1) is 0 Å². The zero-order valence-electron chi connectivity index (χ0n) is 16.3. The van der Waals surface area contributed by atoms with Crippen LogP contribution in [0.3, 0.4) is 0 Å². The number of nitrogens with two attached hydrogens (primary N) is 1. The molecular formula is C14H19N3O2. The molecule has 2 rings (SSSR count). The quantitative estimate of drug-likeness (QED) is 0.629. The summed E-state index contributed by atoms with van der Waals surface area (Å²) in [5.74, 6) is -0.315. The van der Waals surface area contributed by atoms with Crippen molar-refractivity contribution in [2.75, 3.05) is 27.0 Å². The average Bonchev–Trinajstić information content (AvgIpc) is 2.89. The number of esters is 1. The van der Waals surface area contributed by atoms with Crippen molar-refractivity contribution >= 4 is 16.9 Å². The van der Waals surface area contributed by atoms with Crippen LogP contribution in [0.1, 0.15) is 13.8 Å². The Morgan fingerprint density at radius 3 is 3.11 bits per heavy atom. The highest BCUT2D eigenvalue weighted by Crippen LogP contribution is 2.29. The van der Waals surface area contributed by atoms with Crippen molar-refractivity contribution in [3.8, 4) is 5.75 Å². The van der Waals surface area contributed by atoms with E-state index < -0.39 is 19.9 Å². The maximum atomic E-state index is 11.5. The topological polar surface area (TPSA) is 71.3 Å². The number of carbonyl (C=O) groups excluding carboxylic acids is 1. The van der Waals surface area contributed by atoms with E-state index in [1.807, 2.05) is 0 Å². The Balaban J connectivity index is 2.31. The van der Waals surface area contributed by atoms with E-state index in [0.29, 0.717) is 27.1 Å². The molecule has 0 saturated carbocycles. The van der Waals surface area contributed by atoms with Gasteiger partial charge in [-0.1, -0.05) is 6.07 Å². The predicted octanol–water partition coefficient (Wildman–Crippen LogP) is 1.14. The highest BCUT2D eigenvalue weighted by Gasteiger charge is 2.12. The number of rotatable bonds is 5. The predicted molar refractivity (Wildman–Crippen MR) is 75.2 cm³/mol. The van der Waals surface area contributed by atoms with Crippen molar-refractivity contribution in [3.63, 3.8) is 0 Å². The fourth-order valence-electron chi connectivity index (χ4n) is 1.90. The van der Waals surface area contributed by atoms with Crippen molar-refractivity contribution in [2.45, 2.75) is 6.42 Å². The van der Waals surface area contributed by atoms with Gasteiger partial charge >= 0.3 is 5.97 Å². The van der Waals surface area contributed by atoms with Crippen molar-refractivity contribution in [3.05, 3.63) is 30.0 Å². The summed E-state index contributed by atoms with van der Waals surface area (Å²) in [6.07, 6.45) is 1.79. The smallest absolute Gasteiger partial charge is 0.325 e. The van der Waals surface area contributed by atoms with Crippen LogP contribution in [0.2, 0.25) is 0 Å². The molecule has 0 aliphatic carbocycles. The molecule has 0 saturated heterocycles. The SMILES string of the molecule is [2H]C([2H])([2H])N(CCc1c[nH]c2cccc(OC(=O)CN)c12)C([2H])([2H])[2H]. The summed E-state index contributed by atoms with van der Waals surface area (Å²) < 4.78 is 49.6. The van der Waals surface area contributed by atoms with Crippen molar-refractivity contribution in [2.24, 2.45) is 5.73 Å². The van der Waals surface area contributed by atoms with Gasteiger partial charge in [0.2, 0.25) is 0 Å². The van der Waals surface area contributed by atoms with E-state index >= 15 is 0 Å². The van der Waals surface area contributed by atoms with Crippen LogP contribution in [0, 0.1) is 0 Å². The van der Waals surface area contributed by atoms with E-state index in [9.17, 15) is 4.79 Å². The maximum absolute atomic E-state index is 11.5. The molecule has 1 heterocycles. The molecule has 0 bridgehead atoms. The second-order valence-corrected chi connectivity index (χ2v) is 4.07. The van der Waals surface area contributed by atoms with Crippen LogP contribution in [0.15, 0.2) is 24.4 Å². The second kappa shape index (κ2) is 5.86. The molecule has 0 spiro atoms. The van der Waals surface area contributed by atoms with E-state index in [1.54, 1.807) is 24.4 Å². The minimum absolute atomic E-state index is 0.147. The van der Waals surface area contributed by atoms with Crippen LogP contribution in [-0.4, -0.2) is 42.9 Å². The Morgan fingerprint density at radius 1 is 1.53 bits per heavy atom. The number of likely N-dealkylation sites (N-methyl/N-ethyl adjacent to an activating group) is 1. The van der Waals surface area contributed by atoms with Crippen LogP contribution in [0.5, 0.6) is 5.75 Å². The molecule has 0 amide bonds. The highest BCUT2D eigenvalue weighted by atomic mass is 16.5. The van der Waals surface area contributed by atoms with E-state index in [0.717, 1.165) is 0 Å². The first kappa shape index (κ1) is 7.67. The van der Waals surface area contributed by atoms with E-state index in [-0.39, 0.29) is 19.5 Å². The summed E-state index contributed by atoms with van der Waals surface area (Å²) >= 11 is 0. The molecule has 0 fully saturated rings. The number of nitrogens with zero attached hydrogens (tertiary/aromatic N) is 1. The fraction of sp³-hybridized carbons (Fsp3) is 0.357. The lowest BCUT2D eigenvalue weighted by molar-refractivity contribution is -0.132. The molecule has 3 N–H and O–H groups in total. The highest BCUT2D eigenvalue weighted by molar-refractivity contribution is 5.91. The molecular weight excluding hydrogens is 242 g/mol. The first-order chi connectivity index (χ1) is 11.5. The van der Waals surface area contributed by atoms with Gasteiger partial charge in [-0.05, 0) is 38.1 Å². The van der Waals surface area contributed by atoms with Crippen LogP contribution < -0.4 is 10.5 Å². The number of aromatic nitrogens is 1. The minimum Gasteiger partial charge on any atom is -0.425 e. The third-order valence-corrected chi connectivity index (χ3v) is 2.74. The third-order valence-electron chi connectivity index (χ3n) is 2.74. The summed E-state index contributed by atoms with van der Waals surface area (Å²) in [5, 5.41) is 0.598. The molecule has 19 heavy (non-hydrogen) atoms. The normalized spacial score (nSPS) is 17.2. The van der Waals surface area contributed by atoms with Crippen LogP contribution in [-0.2, 0) is 11.2 Å². The Kier molecular flexibility index (Phi) is 2.37. The number of nitrogens with one attached hydrogen (secondary N) is 1. The lowest BCUT2D eigenvalue weighted by Crippen LogP contribution is -2.19. The Morgan fingerprint density at radius 2 is 2.37 bits per heavy atom. The summed E-state index contributed by atoms with van der Waals surface area (Å²) in [4.78, 5) is 15.0. The summed E-state index contributed by atoms with van der Waals surface area (Å²) in [6.45, 7) is -5.97. The summed E-state index contributed by atoms with van der Waals surface area (Å²) in [7, 11) is 0. The van der Waals surface area contributed by atoms with Crippen LogP contribution >= 0.6 is 0 Å². The van der Waals surface area contributed by atoms with Crippen LogP contribution in [0.25, 0.3) is 10.9 Å². The van der Waals surface area contributed by atoms with Crippen molar-refractivity contribution in [1.29, 1.82) is 0 Å². The van der Waals surface area contributed by atoms with E-state index in [2.05, 4.69) is 4.98 Å². The molecule has 5 nitrogen and oxygen atoms in total. The number of H-pyrrole nitrogens is 1. The molecule has 5 heteroatoms. The zero-order valence-corrected chi connectivity index (χ0v) is 10.3. The summed E-state index contributed by atoms with van der Waals surface area (Å²) in [6, 6.07) is 5.06. The number of hydrogen-bond donors (Lipinski definition) is 2. The third kappa shape index (κ3) is 3.13. The monoisotopic (exact) mass is 267 g/mol. The molecule has 1 aromatic heterocycles. The molecule has 0 aliphatic rings. The number of fused-ring (bicyclic) bond motifs is 1. The molecule has 0 aliphatic heterocycles. The van der Waals surface area contributed by atoms with E-state index in [4.69, 9.17) is 18.7 Å². The van der Waals surface area contributed by atoms with Gasteiger partial charge in [0.05, 0.1) is 6.54 Å². The van der Waals surface area contributed by atoms with Gasteiger partial charge in [0, 0.05) is 31.9 Å². The molecule has 2 aromatic rings. The lowest BCUT2D eigenvalue weighted by atomic mass is 10.1.